The van der Waals surface area contributed by atoms with Crippen LogP contribution in [0.1, 0.15) is 68.4 Å². The van der Waals surface area contributed by atoms with E-state index in [1.165, 1.54) is 32.1 Å². The van der Waals surface area contributed by atoms with Gasteiger partial charge in [0.15, 0.2) is 5.96 Å². The van der Waals surface area contributed by atoms with Gasteiger partial charge in [-0.05, 0) is 44.7 Å². The van der Waals surface area contributed by atoms with Gasteiger partial charge in [0.1, 0.15) is 17.4 Å². The van der Waals surface area contributed by atoms with Crippen molar-refractivity contribution in [2.75, 3.05) is 6.54 Å². The first kappa shape index (κ1) is 18.1. The van der Waals surface area contributed by atoms with E-state index in [1.54, 1.807) is 6.26 Å². The zero-order valence-electron chi connectivity index (χ0n) is 16.2. The van der Waals surface area contributed by atoms with Crippen LogP contribution in [0, 0.1) is 6.92 Å². The monoisotopic (exact) mass is 370 g/mol. The topological polar surface area (TPSA) is 80.3 Å². The van der Waals surface area contributed by atoms with Gasteiger partial charge in [-0.1, -0.05) is 19.3 Å². The van der Waals surface area contributed by atoms with Crippen molar-refractivity contribution in [2.24, 2.45) is 4.99 Å². The van der Waals surface area contributed by atoms with Gasteiger partial charge in [-0.3, -0.25) is 4.99 Å². The third kappa shape index (κ3) is 4.70. The van der Waals surface area contributed by atoms with Crippen molar-refractivity contribution in [3.8, 4) is 0 Å². The molecule has 1 aliphatic heterocycles. The number of furan rings is 1. The Morgan fingerprint density at radius 3 is 2.93 bits per heavy atom. The smallest absolute Gasteiger partial charge is 0.192 e. The average molecular weight is 371 g/mol. The number of nitrogens with one attached hydrogen (secondary N) is 2. The van der Waals surface area contributed by atoms with Gasteiger partial charge in [0.05, 0.1) is 12.3 Å². The molecule has 2 aromatic heterocycles. The fraction of sp³-hybridized carbons (Fsp3) is 0.650. The van der Waals surface area contributed by atoms with E-state index in [2.05, 4.69) is 20.7 Å². The predicted molar refractivity (Wildman–Crippen MR) is 105 cm³/mol. The van der Waals surface area contributed by atoms with E-state index in [9.17, 15) is 0 Å². The highest BCUT2D eigenvalue weighted by Gasteiger charge is 2.25. The van der Waals surface area contributed by atoms with E-state index in [0.29, 0.717) is 12.6 Å². The standard InChI is InChI=1S/C20H30N6O/c1-15-22-19-18(10-5-13-26(19)25-15)24-20(23-16-7-3-2-4-8-16)21-12-11-17-9-6-14-27-17/h6,9,14,16,18H,2-5,7-8,10-13H2,1H3,(H2,21,23,24). The summed E-state index contributed by atoms with van der Waals surface area (Å²) in [5.41, 5.74) is 0. The molecule has 0 saturated heterocycles. The number of aromatic nitrogens is 3. The first-order valence-corrected chi connectivity index (χ1v) is 10.3. The van der Waals surface area contributed by atoms with Crippen molar-refractivity contribution in [1.82, 2.24) is 25.4 Å². The summed E-state index contributed by atoms with van der Waals surface area (Å²) in [6.07, 6.45) is 11.1. The summed E-state index contributed by atoms with van der Waals surface area (Å²) in [5.74, 6) is 3.74. The lowest BCUT2D eigenvalue weighted by molar-refractivity contribution is 0.383. The third-order valence-electron chi connectivity index (χ3n) is 5.45. The number of nitrogens with zero attached hydrogens (tertiary/aromatic N) is 4. The van der Waals surface area contributed by atoms with Gasteiger partial charge in [-0.25, -0.2) is 9.67 Å². The van der Waals surface area contributed by atoms with Crippen molar-refractivity contribution < 1.29 is 4.42 Å². The summed E-state index contributed by atoms with van der Waals surface area (Å²) < 4.78 is 7.47. The summed E-state index contributed by atoms with van der Waals surface area (Å²) >= 11 is 0. The number of aryl methyl sites for hydroxylation is 2. The molecule has 1 atom stereocenters. The molecule has 2 aliphatic rings. The van der Waals surface area contributed by atoms with Gasteiger partial charge in [-0.2, -0.15) is 5.10 Å². The molecule has 0 spiro atoms. The Labute approximate surface area is 160 Å². The Balaban J connectivity index is 1.45. The molecule has 146 valence electrons. The van der Waals surface area contributed by atoms with Crippen LogP contribution >= 0.6 is 0 Å². The number of guanidine groups is 1. The van der Waals surface area contributed by atoms with Crippen LogP contribution in [-0.4, -0.2) is 33.3 Å². The molecule has 2 N–H and O–H groups in total. The third-order valence-corrected chi connectivity index (χ3v) is 5.45. The van der Waals surface area contributed by atoms with Crippen LogP contribution in [0.25, 0.3) is 0 Å². The molecule has 1 unspecified atom stereocenters. The Hall–Kier alpha value is -2.31. The van der Waals surface area contributed by atoms with Gasteiger partial charge in [0, 0.05) is 25.6 Å². The summed E-state index contributed by atoms with van der Waals surface area (Å²) in [6, 6.07) is 4.61. The molecule has 7 nitrogen and oxygen atoms in total. The van der Waals surface area contributed by atoms with E-state index < -0.39 is 0 Å². The quantitative estimate of drug-likeness (QED) is 0.624. The fourth-order valence-corrected chi connectivity index (χ4v) is 4.08. The molecular formula is C20H30N6O. The minimum absolute atomic E-state index is 0.165. The van der Waals surface area contributed by atoms with E-state index in [0.717, 1.165) is 49.2 Å². The lowest BCUT2D eigenvalue weighted by Gasteiger charge is -2.29. The SMILES string of the molecule is Cc1nc2n(n1)CCCC2NC(=NCCc1ccco1)NC1CCCCC1. The predicted octanol–water partition coefficient (Wildman–Crippen LogP) is 3.13. The van der Waals surface area contributed by atoms with Gasteiger partial charge < -0.3 is 15.1 Å². The van der Waals surface area contributed by atoms with Crippen LogP contribution in [0.4, 0.5) is 0 Å². The molecule has 2 aromatic rings. The molecule has 4 rings (SSSR count). The van der Waals surface area contributed by atoms with Crippen molar-refractivity contribution in [1.29, 1.82) is 0 Å². The first-order chi connectivity index (χ1) is 13.3. The van der Waals surface area contributed by atoms with Crippen LogP contribution in [-0.2, 0) is 13.0 Å². The normalized spacial score (nSPS) is 21.1. The number of hydrogen-bond acceptors (Lipinski definition) is 4. The maximum atomic E-state index is 5.43. The van der Waals surface area contributed by atoms with Crippen LogP contribution in [0.3, 0.4) is 0 Å². The Morgan fingerprint density at radius 2 is 2.11 bits per heavy atom. The highest BCUT2D eigenvalue weighted by atomic mass is 16.3. The van der Waals surface area contributed by atoms with Gasteiger partial charge in [0.2, 0.25) is 0 Å². The van der Waals surface area contributed by atoms with Crippen molar-refractivity contribution in [3.05, 3.63) is 35.8 Å². The molecule has 0 aromatic carbocycles. The lowest BCUT2D eigenvalue weighted by atomic mass is 9.96. The minimum atomic E-state index is 0.165. The molecule has 1 saturated carbocycles. The van der Waals surface area contributed by atoms with Crippen molar-refractivity contribution >= 4 is 5.96 Å². The Kier molecular flexibility index (Phi) is 5.75. The largest absolute Gasteiger partial charge is 0.469 e. The number of hydrogen-bond donors (Lipinski definition) is 2. The van der Waals surface area contributed by atoms with Gasteiger partial charge >= 0.3 is 0 Å². The second-order valence-corrected chi connectivity index (χ2v) is 7.62. The van der Waals surface area contributed by atoms with Gasteiger partial charge in [0.25, 0.3) is 0 Å². The Morgan fingerprint density at radius 1 is 1.22 bits per heavy atom. The summed E-state index contributed by atoms with van der Waals surface area (Å²) in [7, 11) is 0. The molecule has 0 amide bonds. The molecule has 1 fully saturated rings. The molecule has 0 radical (unpaired) electrons. The van der Waals surface area contributed by atoms with E-state index in [1.807, 2.05) is 23.7 Å². The molecule has 3 heterocycles. The van der Waals surface area contributed by atoms with E-state index in [-0.39, 0.29) is 6.04 Å². The Bertz CT molecular complexity index is 745. The number of rotatable bonds is 5. The highest BCUT2D eigenvalue weighted by Crippen LogP contribution is 2.23. The average Bonchev–Trinajstić information content (AvgIpc) is 3.32. The fourth-order valence-electron chi connectivity index (χ4n) is 4.08. The van der Waals surface area contributed by atoms with E-state index >= 15 is 0 Å². The zero-order valence-corrected chi connectivity index (χ0v) is 16.2. The summed E-state index contributed by atoms with van der Waals surface area (Å²) in [4.78, 5) is 9.49. The zero-order chi connectivity index (χ0) is 18.5. The van der Waals surface area contributed by atoms with Gasteiger partial charge in [-0.15, -0.1) is 0 Å². The van der Waals surface area contributed by atoms with Crippen molar-refractivity contribution in [2.45, 2.75) is 76.9 Å². The molecule has 1 aliphatic carbocycles. The van der Waals surface area contributed by atoms with Crippen LogP contribution < -0.4 is 10.6 Å². The summed E-state index contributed by atoms with van der Waals surface area (Å²) in [5, 5.41) is 11.8. The molecular weight excluding hydrogens is 340 g/mol. The minimum Gasteiger partial charge on any atom is -0.469 e. The number of fused-ring (bicyclic) bond motifs is 1. The molecule has 27 heavy (non-hydrogen) atoms. The van der Waals surface area contributed by atoms with Crippen LogP contribution in [0.15, 0.2) is 27.8 Å². The maximum Gasteiger partial charge on any atom is 0.192 e. The summed E-state index contributed by atoms with van der Waals surface area (Å²) in [6.45, 7) is 3.62. The lowest BCUT2D eigenvalue weighted by Crippen LogP contribution is -2.46. The molecule has 0 bridgehead atoms. The van der Waals surface area contributed by atoms with Crippen LogP contribution in [0.2, 0.25) is 0 Å². The van der Waals surface area contributed by atoms with Crippen molar-refractivity contribution in [3.63, 3.8) is 0 Å². The second-order valence-electron chi connectivity index (χ2n) is 7.62. The first-order valence-electron chi connectivity index (χ1n) is 10.3. The van der Waals surface area contributed by atoms with Crippen LogP contribution in [0.5, 0.6) is 0 Å². The maximum absolute atomic E-state index is 5.43. The highest BCUT2D eigenvalue weighted by molar-refractivity contribution is 5.80. The molecule has 7 heteroatoms. The van der Waals surface area contributed by atoms with E-state index in [4.69, 9.17) is 9.41 Å². The second kappa shape index (κ2) is 8.59. The number of aliphatic imine (C=N–C) groups is 1.